The monoisotopic (exact) mass is 247 g/mol. The maximum atomic E-state index is 5.82. The molecular weight excluding hydrogens is 234 g/mol. The number of pyridine rings is 1. The van der Waals surface area contributed by atoms with Gasteiger partial charge in [0.25, 0.3) is 0 Å². The lowest BCUT2D eigenvalue weighted by atomic mass is 10.0. The SMILES string of the molecule is CC(C)c1ccccc1Oc1cccc(Cl)n1. The molecule has 0 saturated carbocycles. The molecule has 2 aromatic rings. The van der Waals surface area contributed by atoms with E-state index in [0.717, 1.165) is 11.3 Å². The Morgan fingerprint density at radius 1 is 1.06 bits per heavy atom. The van der Waals surface area contributed by atoms with E-state index in [1.165, 1.54) is 0 Å². The highest BCUT2D eigenvalue weighted by Gasteiger charge is 2.08. The van der Waals surface area contributed by atoms with Crippen molar-refractivity contribution in [3.63, 3.8) is 0 Å². The molecule has 1 aromatic carbocycles. The zero-order chi connectivity index (χ0) is 12.3. The fraction of sp³-hybridized carbons (Fsp3) is 0.214. The number of nitrogens with zero attached hydrogens (tertiary/aromatic N) is 1. The molecule has 2 nitrogen and oxygen atoms in total. The Kier molecular flexibility index (Phi) is 3.64. The number of halogens is 1. The Morgan fingerprint density at radius 2 is 1.82 bits per heavy atom. The van der Waals surface area contributed by atoms with E-state index in [2.05, 4.69) is 24.9 Å². The number of rotatable bonds is 3. The molecule has 0 atom stereocenters. The Labute approximate surface area is 106 Å². The first-order valence-corrected chi connectivity index (χ1v) is 5.94. The highest BCUT2D eigenvalue weighted by molar-refractivity contribution is 6.29. The Balaban J connectivity index is 2.30. The van der Waals surface area contributed by atoms with Crippen LogP contribution < -0.4 is 4.74 Å². The van der Waals surface area contributed by atoms with E-state index >= 15 is 0 Å². The molecule has 0 amide bonds. The van der Waals surface area contributed by atoms with Crippen molar-refractivity contribution in [3.05, 3.63) is 53.2 Å². The van der Waals surface area contributed by atoms with Gasteiger partial charge < -0.3 is 4.74 Å². The maximum absolute atomic E-state index is 5.82. The Morgan fingerprint density at radius 3 is 2.53 bits per heavy atom. The van der Waals surface area contributed by atoms with Crippen LogP contribution in [0, 0.1) is 0 Å². The Bertz CT molecular complexity index is 511. The smallest absolute Gasteiger partial charge is 0.220 e. The number of hydrogen-bond donors (Lipinski definition) is 0. The summed E-state index contributed by atoms with van der Waals surface area (Å²) in [6, 6.07) is 13.3. The van der Waals surface area contributed by atoms with Gasteiger partial charge in [-0.2, -0.15) is 0 Å². The molecule has 17 heavy (non-hydrogen) atoms. The van der Waals surface area contributed by atoms with Gasteiger partial charge >= 0.3 is 0 Å². The third kappa shape index (κ3) is 2.98. The molecular formula is C14H14ClNO. The summed E-state index contributed by atoms with van der Waals surface area (Å²) in [5.41, 5.74) is 1.16. The van der Waals surface area contributed by atoms with E-state index in [1.807, 2.05) is 24.3 Å². The molecule has 3 heteroatoms. The van der Waals surface area contributed by atoms with Gasteiger partial charge in [-0.15, -0.1) is 0 Å². The topological polar surface area (TPSA) is 22.1 Å². The quantitative estimate of drug-likeness (QED) is 0.737. The fourth-order valence-corrected chi connectivity index (χ4v) is 1.77. The van der Waals surface area contributed by atoms with Gasteiger partial charge in [0.05, 0.1) is 0 Å². The Hall–Kier alpha value is -1.54. The van der Waals surface area contributed by atoms with Gasteiger partial charge in [-0.25, -0.2) is 4.98 Å². The van der Waals surface area contributed by atoms with Crippen molar-refractivity contribution in [1.82, 2.24) is 4.98 Å². The summed E-state index contributed by atoms with van der Waals surface area (Å²) in [5, 5.41) is 0.435. The average Bonchev–Trinajstić information content (AvgIpc) is 2.29. The largest absolute Gasteiger partial charge is 0.439 e. The fourth-order valence-electron chi connectivity index (χ4n) is 1.61. The van der Waals surface area contributed by atoms with Crippen LogP contribution in [0.2, 0.25) is 5.15 Å². The first kappa shape index (κ1) is 11.9. The zero-order valence-electron chi connectivity index (χ0n) is 9.85. The second-order valence-corrected chi connectivity index (χ2v) is 4.48. The average molecular weight is 248 g/mol. The van der Waals surface area contributed by atoms with Gasteiger partial charge in [-0.3, -0.25) is 0 Å². The summed E-state index contributed by atoms with van der Waals surface area (Å²) >= 11 is 5.82. The van der Waals surface area contributed by atoms with E-state index in [9.17, 15) is 0 Å². The van der Waals surface area contributed by atoms with Crippen LogP contribution in [0.1, 0.15) is 25.3 Å². The molecule has 2 rings (SSSR count). The first-order valence-electron chi connectivity index (χ1n) is 5.56. The minimum atomic E-state index is 0.408. The van der Waals surface area contributed by atoms with E-state index in [0.29, 0.717) is 17.0 Å². The third-order valence-electron chi connectivity index (χ3n) is 2.45. The van der Waals surface area contributed by atoms with Crippen LogP contribution in [0.15, 0.2) is 42.5 Å². The first-order chi connectivity index (χ1) is 8.16. The third-order valence-corrected chi connectivity index (χ3v) is 2.66. The molecule has 88 valence electrons. The zero-order valence-corrected chi connectivity index (χ0v) is 10.6. The van der Waals surface area contributed by atoms with E-state index in [1.54, 1.807) is 12.1 Å². The van der Waals surface area contributed by atoms with Crippen molar-refractivity contribution in [1.29, 1.82) is 0 Å². The van der Waals surface area contributed by atoms with Crippen molar-refractivity contribution in [2.24, 2.45) is 0 Å². The predicted molar refractivity (Wildman–Crippen MR) is 69.9 cm³/mol. The van der Waals surface area contributed by atoms with E-state index in [-0.39, 0.29) is 0 Å². The molecule has 0 aliphatic carbocycles. The van der Waals surface area contributed by atoms with Gasteiger partial charge in [-0.05, 0) is 23.6 Å². The van der Waals surface area contributed by atoms with Crippen molar-refractivity contribution in [3.8, 4) is 11.6 Å². The number of aromatic nitrogens is 1. The predicted octanol–water partition coefficient (Wildman–Crippen LogP) is 4.65. The van der Waals surface area contributed by atoms with E-state index < -0.39 is 0 Å². The maximum Gasteiger partial charge on any atom is 0.220 e. The van der Waals surface area contributed by atoms with Crippen LogP contribution in [-0.4, -0.2) is 4.98 Å². The summed E-state index contributed by atoms with van der Waals surface area (Å²) in [5.74, 6) is 1.76. The lowest BCUT2D eigenvalue weighted by Gasteiger charge is -2.12. The number of hydrogen-bond acceptors (Lipinski definition) is 2. The molecule has 0 unspecified atom stereocenters. The minimum Gasteiger partial charge on any atom is -0.439 e. The molecule has 0 aliphatic rings. The highest BCUT2D eigenvalue weighted by Crippen LogP contribution is 2.29. The van der Waals surface area contributed by atoms with Crippen LogP contribution >= 0.6 is 11.6 Å². The molecule has 0 fully saturated rings. The lowest BCUT2D eigenvalue weighted by molar-refractivity contribution is 0.454. The molecule has 1 aromatic heterocycles. The standard InChI is InChI=1S/C14H14ClNO/c1-10(2)11-6-3-4-7-12(11)17-14-9-5-8-13(15)16-14/h3-10H,1-2H3. The number of benzene rings is 1. The van der Waals surface area contributed by atoms with Crippen LogP contribution in [0.3, 0.4) is 0 Å². The van der Waals surface area contributed by atoms with Crippen molar-refractivity contribution in [2.75, 3.05) is 0 Å². The van der Waals surface area contributed by atoms with Gasteiger partial charge in [0.1, 0.15) is 10.9 Å². The van der Waals surface area contributed by atoms with Gasteiger partial charge in [0.2, 0.25) is 5.88 Å². The molecule has 0 bridgehead atoms. The molecule has 0 aliphatic heterocycles. The summed E-state index contributed by atoms with van der Waals surface area (Å²) in [6.07, 6.45) is 0. The lowest BCUT2D eigenvalue weighted by Crippen LogP contribution is -1.94. The number of para-hydroxylation sites is 1. The van der Waals surface area contributed by atoms with Crippen molar-refractivity contribution in [2.45, 2.75) is 19.8 Å². The van der Waals surface area contributed by atoms with Gasteiger partial charge in [0, 0.05) is 6.07 Å². The van der Waals surface area contributed by atoms with Gasteiger partial charge in [-0.1, -0.05) is 49.7 Å². The van der Waals surface area contributed by atoms with Crippen LogP contribution in [-0.2, 0) is 0 Å². The van der Waals surface area contributed by atoms with Crippen molar-refractivity contribution >= 4 is 11.6 Å². The van der Waals surface area contributed by atoms with Crippen LogP contribution in [0.25, 0.3) is 0 Å². The van der Waals surface area contributed by atoms with Crippen molar-refractivity contribution < 1.29 is 4.74 Å². The molecule has 0 spiro atoms. The normalized spacial score (nSPS) is 10.6. The summed E-state index contributed by atoms with van der Waals surface area (Å²) in [4.78, 5) is 4.11. The van der Waals surface area contributed by atoms with Crippen LogP contribution in [0.5, 0.6) is 11.6 Å². The molecule has 1 heterocycles. The summed E-state index contributed by atoms with van der Waals surface area (Å²) in [6.45, 7) is 4.27. The second-order valence-electron chi connectivity index (χ2n) is 4.09. The second kappa shape index (κ2) is 5.19. The highest BCUT2D eigenvalue weighted by atomic mass is 35.5. The summed E-state index contributed by atoms with van der Waals surface area (Å²) in [7, 11) is 0. The minimum absolute atomic E-state index is 0.408. The number of ether oxygens (including phenoxy) is 1. The molecule has 0 saturated heterocycles. The van der Waals surface area contributed by atoms with Crippen LogP contribution in [0.4, 0.5) is 0 Å². The molecule has 0 N–H and O–H groups in total. The van der Waals surface area contributed by atoms with E-state index in [4.69, 9.17) is 16.3 Å². The summed E-state index contributed by atoms with van der Waals surface area (Å²) < 4.78 is 5.76. The van der Waals surface area contributed by atoms with Gasteiger partial charge in [0.15, 0.2) is 0 Å². The molecule has 0 radical (unpaired) electrons.